The van der Waals surface area contributed by atoms with Gasteiger partial charge in [-0.1, -0.05) is 0 Å². The van der Waals surface area contributed by atoms with Crippen LogP contribution in [-0.2, 0) is 15.7 Å². The number of carbonyl (C=O) groups is 1. The van der Waals surface area contributed by atoms with E-state index in [4.69, 9.17) is 15.2 Å². The van der Waals surface area contributed by atoms with Crippen LogP contribution in [0.15, 0.2) is 18.2 Å². The van der Waals surface area contributed by atoms with Crippen LogP contribution in [-0.4, -0.2) is 45.4 Å². The van der Waals surface area contributed by atoms with Gasteiger partial charge in [-0.15, -0.1) is 0 Å². The number of rotatable bonds is 4. The summed E-state index contributed by atoms with van der Waals surface area (Å²) in [6.07, 6.45) is -4.73. The van der Waals surface area contributed by atoms with E-state index < -0.39 is 17.6 Å². The summed E-state index contributed by atoms with van der Waals surface area (Å²) < 4.78 is 48.8. The van der Waals surface area contributed by atoms with Crippen molar-refractivity contribution in [2.24, 2.45) is 5.73 Å². The van der Waals surface area contributed by atoms with Crippen molar-refractivity contribution in [3.05, 3.63) is 29.3 Å². The van der Waals surface area contributed by atoms with Gasteiger partial charge in [-0.25, -0.2) is 0 Å². The quantitative estimate of drug-likeness (QED) is 0.917. The normalized spacial score (nSPS) is 19.3. The zero-order valence-electron chi connectivity index (χ0n) is 12.0. The summed E-state index contributed by atoms with van der Waals surface area (Å²) >= 11 is 0. The first-order valence-electron chi connectivity index (χ1n) is 6.69. The van der Waals surface area contributed by atoms with Crippen molar-refractivity contribution in [3.8, 4) is 0 Å². The SMILES string of the molecule is COCC1CN(c2ccc(C(F)(F)F)cc2C(N)=O)CCO1. The first-order valence-corrected chi connectivity index (χ1v) is 6.69. The van der Waals surface area contributed by atoms with Crippen LogP contribution in [0.4, 0.5) is 18.9 Å². The van der Waals surface area contributed by atoms with Gasteiger partial charge in [-0.05, 0) is 18.2 Å². The lowest BCUT2D eigenvalue weighted by Crippen LogP contribution is -2.45. The molecule has 122 valence electrons. The fourth-order valence-electron chi connectivity index (χ4n) is 2.41. The van der Waals surface area contributed by atoms with Gasteiger partial charge in [-0.3, -0.25) is 4.79 Å². The number of benzene rings is 1. The highest BCUT2D eigenvalue weighted by Gasteiger charge is 2.32. The van der Waals surface area contributed by atoms with Crippen molar-refractivity contribution in [1.29, 1.82) is 0 Å². The second-order valence-corrected chi connectivity index (χ2v) is 4.99. The number of carbonyl (C=O) groups excluding carboxylic acids is 1. The van der Waals surface area contributed by atoms with Gasteiger partial charge in [0.25, 0.3) is 5.91 Å². The Morgan fingerprint density at radius 2 is 2.23 bits per heavy atom. The lowest BCUT2D eigenvalue weighted by Gasteiger charge is -2.35. The summed E-state index contributed by atoms with van der Waals surface area (Å²) in [7, 11) is 1.54. The van der Waals surface area contributed by atoms with E-state index in [1.165, 1.54) is 13.2 Å². The Labute approximate surface area is 125 Å². The molecule has 1 fully saturated rings. The molecule has 0 aliphatic carbocycles. The van der Waals surface area contributed by atoms with Crippen molar-refractivity contribution >= 4 is 11.6 Å². The number of nitrogens with zero attached hydrogens (tertiary/aromatic N) is 1. The second kappa shape index (κ2) is 6.53. The fourth-order valence-corrected chi connectivity index (χ4v) is 2.41. The van der Waals surface area contributed by atoms with E-state index in [0.29, 0.717) is 32.0 Å². The molecule has 0 radical (unpaired) electrons. The third kappa shape index (κ3) is 3.69. The molecule has 1 aromatic carbocycles. The zero-order valence-corrected chi connectivity index (χ0v) is 12.0. The predicted molar refractivity (Wildman–Crippen MR) is 73.8 cm³/mol. The van der Waals surface area contributed by atoms with E-state index in [1.54, 1.807) is 4.90 Å². The smallest absolute Gasteiger partial charge is 0.382 e. The molecule has 2 rings (SSSR count). The third-order valence-electron chi connectivity index (χ3n) is 3.42. The molecular weight excluding hydrogens is 301 g/mol. The maximum Gasteiger partial charge on any atom is 0.416 e. The molecule has 1 saturated heterocycles. The number of amides is 1. The topological polar surface area (TPSA) is 64.8 Å². The number of anilines is 1. The third-order valence-corrected chi connectivity index (χ3v) is 3.42. The molecule has 8 heteroatoms. The Balaban J connectivity index is 2.32. The zero-order chi connectivity index (χ0) is 16.3. The minimum atomic E-state index is -4.52. The summed E-state index contributed by atoms with van der Waals surface area (Å²) in [5, 5.41) is 0. The number of primary amides is 1. The molecule has 5 nitrogen and oxygen atoms in total. The van der Waals surface area contributed by atoms with Crippen molar-refractivity contribution in [1.82, 2.24) is 0 Å². The molecule has 0 aromatic heterocycles. The fraction of sp³-hybridized carbons (Fsp3) is 0.500. The molecule has 1 heterocycles. The summed E-state index contributed by atoms with van der Waals surface area (Å²) in [5.41, 5.74) is 4.58. The van der Waals surface area contributed by atoms with Gasteiger partial charge in [0.15, 0.2) is 0 Å². The lowest BCUT2D eigenvalue weighted by atomic mass is 10.1. The van der Waals surface area contributed by atoms with E-state index >= 15 is 0 Å². The van der Waals surface area contributed by atoms with Crippen LogP contribution in [0, 0.1) is 0 Å². The van der Waals surface area contributed by atoms with Gasteiger partial charge >= 0.3 is 6.18 Å². The summed E-state index contributed by atoms with van der Waals surface area (Å²) in [4.78, 5) is 13.3. The average molecular weight is 318 g/mol. The van der Waals surface area contributed by atoms with Crippen molar-refractivity contribution in [3.63, 3.8) is 0 Å². The Morgan fingerprint density at radius 3 is 2.82 bits per heavy atom. The molecule has 2 N–H and O–H groups in total. The Morgan fingerprint density at radius 1 is 1.50 bits per heavy atom. The van der Waals surface area contributed by atoms with E-state index in [-0.39, 0.29) is 11.7 Å². The molecule has 0 spiro atoms. The van der Waals surface area contributed by atoms with Gasteiger partial charge < -0.3 is 20.1 Å². The highest BCUT2D eigenvalue weighted by atomic mass is 19.4. The van der Waals surface area contributed by atoms with E-state index in [1.807, 2.05) is 0 Å². The highest BCUT2D eigenvalue weighted by Crippen LogP contribution is 2.33. The van der Waals surface area contributed by atoms with Gasteiger partial charge in [0.2, 0.25) is 0 Å². The number of morpholine rings is 1. The average Bonchev–Trinajstić information content (AvgIpc) is 2.46. The van der Waals surface area contributed by atoms with Crippen LogP contribution in [0.25, 0.3) is 0 Å². The number of methoxy groups -OCH3 is 1. The molecule has 1 aliphatic rings. The first-order chi connectivity index (χ1) is 10.3. The van der Waals surface area contributed by atoms with Crippen LogP contribution < -0.4 is 10.6 Å². The van der Waals surface area contributed by atoms with E-state index in [0.717, 1.165) is 12.1 Å². The highest BCUT2D eigenvalue weighted by molar-refractivity contribution is 5.99. The molecule has 22 heavy (non-hydrogen) atoms. The summed E-state index contributed by atoms with van der Waals surface area (Å²) in [6.45, 7) is 1.64. The summed E-state index contributed by atoms with van der Waals surface area (Å²) in [5.74, 6) is -0.893. The second-order valence-electron chi connectivity index (χ2n) is 4.99. The van der Waals surface area contributed by atoms with Crippen LogP contribution in [0.2, 0.25) is 0 Å². The Hall–Kier alpha value is -1.80. The number of hydrogen-bond donors (Lipinski definition) is 1. The maximum absolute atomic E-state index is 12.8. The van der Waals surface area contributed by atoms with Crippen LogP contribution in [0.3, 0.4) is 0 Å². The molecule has 1 unspecified atom stereocenters. The van der Waals surface area contributed by atoms with Crippen LogP contribution >= 0.6 is 0 Å². The number of alkyl halides is 3. The molecule has 0 bridgehead atoms. The van der Waals surface area contributed by atoms with Crippen molar-refractivity contribution in [2.75, 3.05) is 38.3 Å². The predicted octanol–water partition coefficient (Wildman–Crippen LogP) is 1.66. The summed E-state index contributed by atoms with van der Waals surface area (Å²) in [6, 6.07) is 3.01. The Bertz CT molecular complexity index is 547. The monoisotopic (exact) mass is 318 g/mol. The molecular formula is C14H17F3N2O3. The van der Waals surface area contributed by atoms with E-state index in [9.17, 15) is 18.0 Å². The number of nitrogens with two attached hydrogens (primary N) is 1. The van der Waals surface area contributed by atoms with Crippen LogP contribution in [0.5, 0.6) is 0 Å². The van der Waals surface area contributed by atoms with Crippen molar-refractivity contribution in [2.45, 2.75) is 12.3 Å². The van der Waals surface area contributed by atoms with Gasteiger partial charge in [0.1, 0.15) is 0 Å². The number of halogens is 3. The maximum atomic E-state index is 12.8. The number of hydrogen-bond acceptors (Lipinski definition) is 4. The molecule has 0 saturated carbocycles. The molecule has 1 amide bonds. The molecule has 1 atom stereocenters. The largest absolute Gasteiger partial charge is 0.416 e. The standard InChI is InChI=1S/C14H17F3N2O3/c1-21-8-10-7-19(4-5-22-10)12-3-2-9(14(15,16)17)6-11(12)13(18)20/h2-3,6,10H,4-5,7-8H2,1H3,(H2,18,20). The first kappa shape index (κ1) is 16.6. The molecule has 1 aliphatic heterocycles. The Kier molecular flexibility index (Phi) is 4.92. The van der Waals surface area contributed by atoms with E-state index in [2.05, 4.69) is 0 Å². The van der Waals surface area contributed by atoms with Gasteiger partial charge in [-0.2, -0.15) is 13.2 Å². The lowest BCUT2D eigenvalue weighted by molar-refractivity contribution is -0.137. The minimum Gasteiger partial charge on any atom is -0.382 e. The van der Waals surface area contributed by atoms with Crippen molar-refractivity contribution < 1.29 is 27.4 Å². The molecule has 1 aromatic rings. The number of ether oxygens (including phenoxy) is 2. The van der Waals surface area contributed by atoms with Gasteiger partial charge in [0, 0.05) is 25.9 Å². The minimum absolute atomic E-state index is 0.145. The van der Waals surface area contributed by atoms with Gasteiger partial charge in [0.05, 0.1) is 30.4 Å². The van der Waals surface area contributed by atoms with Crippen LogP contribution in [0.1, 0.15) is 15.9 Å².